The number of benzene rings is 2. The predicted molar refractivity (Wildman–Crippen MR) is 167 cm³/mol. The van der Waals surface area contributed by atoms with Crippen molar-refractivity contribution in [1.82, 2.24) is 15.2 Å². The highest BCUT2D eigenvalue weighted by Gasteiger charge is 2.36. The van der Waals surface area contributed by atoms with Crippen molar-refractivity contribution in [3.05, 3.63) is 64.8 Å². The number of aromatic nitrogens is 1. The number of carbonyl (C=O) groups excluding carboxylic acids is 2. The summed E-state index contributed by atoms with van der Waals surface area (Å²) in [6.07, 6.45) is 0.967. The van der Waals surface area contributed by atoms with E-state index in [1.54, 1.807) is 52.9 Å². The van der Waals surface area contributed by atoms with E-state index < -0.39 is 35.0 Å². The zero-order chi connectivity index (χ0) is 32.2. The topological polar surface area (TPSA) is 114 Å². The van der Waals surface area contributed by atoms with Gasteiger partial charge < -0.3 is 20.3 Å². The van der Waals surface area contributed by atoms with Gasteiger partial charge in [-0.05, 0) is 58.0 Å². The van der Waals surface area contributed by atoms with Gasteiger partial charge in [-0.15, -0.1) is 0 Å². The van der Waals surface area contributed by atoms with E-state index in [-0.39, 0.29) is 29.3 Å². The fourth-order valence-electron chi connectivity index (χ4n) is 4.65. The van der Waals surface area contributed by atoms with Gasteiger partial charge in [0, 0.05) is 62.8 Å². The van der Waals surface area contributed by atoms with Crippen LogP contribution in [0.5, 0.6) is 0 Å². The Morgan fingerprint density at radius 1 is 1.11 bits per heavy atom. The molecule has 2 N–H and O–H groups in total. The molecule has 13 heteroatoms. The third kappa shape index (κ3) is 7.18. The minimum atomic E-state index is -0.978. The maximum Gasteiger partial charge on any atom is 0.410 e. The average Bonchev–Trinajstić information content (AvgIpc) is 3.05. The Morgan fingerprint density at radius 2 is 1.82 bits per heavy atom. The first-order valence-corrected chi connectivity index (χ1v) is 14.4. The van der Waals surface area contributed by atoms with Crippen LogP contribution in [-0.4, -0.2) is 67.4 Å². The molecule has 3 aromatic rings. The molecule has 0 fully saturated rings. The lowest BCUT2D eigenvalue weighted by Crippen LogP contribution is -2.41. The lowest BCUT2D eigenvalue weighted by Gasteiger charge is -2.28. The number of carbonyl (C=O) groups is 2. The number of nitriles is 1. The summed E-state index contributed by atoms with van der Waals surface area (Å²) in [4.78, 5) is 34.0. The zero-order valence-electron chi connectivity index (χ0n) is 25.2. The molecule has 1 aliphatic rings. The zero-order valence-corrected chi connectivity index (χ0v) is 25.9. The largest absolute Gasteiger partial charge is 0.444 e. The second kappa shape index (κ2) is 13.4. The summed E-state index contributed by atoms with van der Waals surface area (Å²) in [5.74, 6) is -1.68. The fourth-order valence-corrected chi connectivity index (χ4v) is 4.81. The van der Waals surface area contributed by atoms with Crippen LogP contribution in [0.1, 0.15) is 33.3 Å². The molecule has 1 aromatic heterocycles. The minimum Gasteiger partial charge on any atom is -0.444 e. The molecule has 0 atom stereocenters. The quantitative estimate of drug-likeness (QED) is 0.260. The van der Waals surface area contributed by atoms with Gasteiger partial charge in [-0.25, -0.2) is 23.4 Å². The number of nitrogens with one attached hydrogen (secondary N) is 2. The van der Waals surface area contributed by atoms with Crippen molar-refractivity contribution < 1.29 is 23.1 Å². The van der Waals surface area contributed by atoms with Crippen LogP contribution in [-0.2, 0) is 4.74 Å². The third-order valence-corrected chi connectivity index (χ3v) is 6.89. The summed E-state index contributed by atoms with van der Waals surface area (Å²) < 4.78 is 36.8. The van der Waals surface area contributed by atoms with E-state index in [2.05, 4.69) is 15.6 Å². The molecule has 2 aromatic carbocycles. The number of urea groups is 1. The molecule has 0 saturated carbocycles. The fraction of sp³-hybridized carbons (Fsp3) is 0.355. The number of anilines is 4. The number of rotatable bonds is 9. The highest BCUT2D eigenvalue weighted by molar-refractivity contribution is 6.31. The van der Waals surface area contributed by atoms with Crippen molar-refractivity contribution in [1.29, 1.82) is 5.26 Å². The molecular weight excluding hydrogens is 592 g/mol. The Labute approximate surface area is 260 Å². The van der Waals surface area contributed by atoms with Gasteiger partial charge in [0.25, 0.3) is 0 Å². The molecule has 2 heterocycles. The summed E-state index contributed by atoms with van der Waals surface area (Å²) in [6, 6.07) is 9.69. The number of amides is 3. The molecule has 0 saturated heterocycles. The molecule has 232 valence electrons. The number of nitrogens with zero attached hydrogens (tertiary/aromatic N) is 5. The molecule has 0 radical (unpaired) electrons. The summed E-state index contributed by atoms with van der Waals surface area (Å²) in [5, 5.41) is 16.0. The average molecular weight is 626 g/mol. The molecule has 10 nitrogen and oxygen atoms in total. The summed E-state index contributed by atoms with van der Waals surface area (Å²) in [5.41, 5.74) is 0.243. The van der Waals surface area contributed by atoms with E-state index in [0.29, 0.717) is 42.3 Å². The maximum atomic E-state index is 15.8. The lowest BCUT2D eigenvalue weighted by atomic mass is 10.0. The van der Waals surface area contributed by atoms with E-state index in [9.17, 15) is 14.9 Å². The van der Waals surface area contributed by atoms with Gasteiger partial charge >= 0.3 is 12.1 Å². The van der Waals surface area contributed by atoms with Crippen molar-refractivity contribution in [3.8, 4) is 17.2 Å². The molecule has 4 rings (SSSR count). The van der Waals surface area contributed by atoms with Crippen molar-refractivity contribution in [2.45, 2.75) is 33.3 Å². The van der Waals surface area contributed by atoms with Gasteiger partial charge in [-0.3, -0.25) is 9.80 Å². The highest BCUT2D eigenvalue weighted by atomic mass is 35.5. The SMILES string of the molecule is CCN1C(=O)N(c2c(F)cc(NCCNCCN(C)C(=O)OC(C)(C)C)cc2F)c2cc(C#N)ccc2-c2cc(Cl)cnc21. The van der Waals surface area contributed by atoms with Crippen molar-refractivity contribution in [3.63, 3.8) is 0 Å². The summed E-state index contributed by atoms with van der Waals surface area (Å²) >= 11 is 6.24. The molecular formula is C31H34ClF2N7O3. The smallest absolute Gasteiger partial charge is 0.410 e. The van der Waals surface area contributed by atoms with E-state index >= 15 is 8.78 Å². The number of hydrogen-bond acceptors (Lipinski definition) is 7. The van der Waals surface area contributed by atoms with E-state index in [0.717, 1.165) is 17.0 Å². The molecule has 0 unspecified atom stereocenters. The predicted octanol–water partition coefficient (Wildman–Crippen LogP) is 6.52. The molecule has 0 spiro atoms. The first kappa shape index (κ1) is 32.4. The Kier molecular flexibility index (Phi) is 9.91. The van der Waals surface area contributed by atoms with Crippen LogP contribution in [0.3, 0.4) is 0 Å². The van der Waals surface area contributed by atoms with Crippen molar-refractivity contribution >= 4 is 46.6 Å². The Hall–Kier alpha value is -4.47. The molecule has 1 aliphatic heterocycles. The molecule has 3 amide bonds. The van der Waals surface area contributed by atoms with Crippen LogP contribution in [0.15, 0.2) is 42.6 Å². The summed E-state index contributed by atoms with van der Waals surface area (Å²) in [7, 11) is 1.64. The van der Waals surface area contributed by atoms with Crippen LogP contribution in [0.25, 0.3) is 11.1 Å². The maximum absolute atomic E-state index is 15.8. The number of halogens is 3. The molecule has 44 heavy (non-hydrogen) atoms. The highest BCUT2D eigenvalue weighted by Crippen LogP contribution is 2.45. The van der Waals surface area contributed by atoms with E-state index in [1.807, 2.05) is 6.07 Å². The van der Waals surface area contributed by atoms with E-state index in [1.165, 1.54) is 22.1 Å². The lowest BCUT2D eigenvalue weighted by molar-refractivity contribution is 0.0300. The van der Waals surface area contributed by atoms with Gasteiger partial charge in [-0.2, -0.15) is 5.26 Å². The standard InChI is InChI=1S/C31H34ClF2N7O3/c1-6-40-28-23(14-20(32)18-38-28)22-8-7-19(17-35)13-26(22)41(29(40)42)27-24(33)15-21(16-25(27)34)37-10-9-36-11-12-39(5)30(43)44-31(2,3)4/h7-8,13-16,18,36-37H,6,9-12H2,1-5H3. The Bertz CT molecular complexity index is 1580. The van der Waals surface area contributed by atoms with E-state index in [4.69, 9.17) is 16.3 Å². The van der Waals surface area contributed by atoms with Crippen LogP contribution >= 0.6 is 11.6 Å². The second-order valence-electron chi connectivity index (χ2n) is 11.1. The third-order valence-electron chi connectivity index (χ3n) is 6.69. The van der Waals surface area contributed by atoms with Gasteiger partial charge in [0.15, 0.2) is 11.6 Å². The number of fused-ring (bicyclic) bond motifs is 3. The monoisotopic (exact) mass is 625 g/mol. The van der Waals surface area contributed by atoms with Crippen molar-refractivity contribution in [2.75, 3.05) is 54.9 Å². The summed E-state index contributed by atoms with van der Waals surface area (Å²) in [6.45, 7) is 8.92. The van der Waals surface area contributed by atoms with Crippen LogP contribution in [0.4, 0.5) is 41.2 Å². The number of pyridine rings is 1. The van der Waals surface area contributed by atoms with Crippen LogP contribution < -0.4 is 20.4 Å². The first-order chi connectivity index (χ1) is 20.8. The Morgan fingerprint density at radius 3 is 2.45 bits per heavy atom. The van der Waals surface area contributed by atoms with Gasteiger partial charge in [0.1, 0.15) is 17.1 Å². The molecule has 0 aliphatic carbocycles. The van der Waals surface area contributed by atoms with Crippen LogP contribution in [0.2, 0.25) is 5.02 Å². The number of likely N-dealkylation sites (N-methyl/N-ethyl adjacent to an activating group) is 1. The number of hydrogen-bond donors (Lipinski definition) is 2. The van der Waals surface area contributed by atoms with Gasteiger partial charge in [-0.1, -0.05) is 17.7 Å². The van der Waals surface area contributed by atoms with Gasteiger partial charge in [0.2, 0.25) is 0 Å². The normalized spacial score (nSPS) is 12.7. The van der Waals surface area contributed by atoms with Crippen LogP contribution in [0, 0.1) is 23.0 Å². The molecule has 0 bridgehead atoms. The second-order valence-corrected chi connectivity index (χ2v) is 11.5. The van der Waals surface area contributed by atoms with Gasteiger partial charge in [0.05, 0.1) is 22.3 Å². The number of ether oxygens (including phenoxy) is 1. The van der Waals surface area contributed by atoms with Crippen molar-refractivity contribution in [2.24, 2.45) is 0 Å². The minimum absolute atomic E-state index is 0.120. The first-order valence-electron chi connectivity index (χ1n) is 14.0. The Balaban J connectivity index is 1.53.